The Balaban J connectivity index is 2.42. The van der Waals surface area contributed by atoms with Crippen LogP contribution in [0.15, 0.2) is 54.6 Å². The fourth-order valence-corrected chi connectivity index (χ4v) is 2.47. The van der Waals surface area contributed by atoms with Gasteiger partial charge in [-0.15, -0.1) is 0 Å². The summed E-state index contributed by atoms with van der Waals surface area (Å²) in [5.74, 6) is 0.202. The highest BCUT2D eigenvalue weighted by atomic mass is 35.5. The first kappa shape index (κ1) is 11.9. The molecule has 94 valence electrons. The number of aromatic hydroxyl groups is 1. The quantitative estimate of drug-likeness (QED) is 0.641. The smallest absolute Gasteiger partial charge is 0.124 e. The molecule has 3 rings (SSSR count). The Bertz CT molecular complexity index is 768. The molecule has 0 saturated heterocycles. The maximum Gasteiger partial charge on any atom is 0.124 e. The van der Waals surface area contributed by atoms with Gasteiger partial charge in [0.15, 0.2) is 0 Å². The van der Waals surface area contributed by atoms with E-state index in [0.717, 1.165) is 21.9 Å². The van der Waals surface area contributed by atoms with E-state index in [1.807, 2.05) is 42.5 Å². The Hall–Kier alpha value is -2.19. The van der Waals surface area contributed by atoms with E-state index in [9.17, 15) is 5.11 Å². The Labute approximate surface area is 116 Å². The highest BCUT2D eigenvalue weighted by molar-refractivity contribution is 6.34. The van der Waals surface area contributed by atoms with E-state index in [1.165, 1.54) is 0 Å². The molecule has 0 saturated carbocycles. The Morgan fingerprint density at radius 1 is 0.895 bits per heavy atom. The third kappa shape index (κ3) is 1.90. The largest absolute Gasteiger partial charge is 0.507 e. The van der Waals surface area contributed by atoms with Crippen LogP contribution in [0.5, 0.6) is 5.75 Å². The summed E-state index contributed by atoms with van der Waals surface area (Å²) in [5, 5.41) is 12.7. The number of hydrogen-bond donors (Lipinski definition) is 2. The lowest BCUT2D eigenvalue weighted by molar-refractivity contribution is 0.478. The summed E-state index contributed by atoms with van der Waals surface area (Å²) in [6, 6.07) is 16.9. The number of halogens is 1. The number of rotatable bonds is 1. The van der Waals surface area contributed by atoms with Gasteiger partial charge >= 0.3 is 0 Å². The normalized spacial score (nSPS) is 10.8. The molecule has 0 fully saturated rings. The molecule has 3 aromatic carbocycles. The Morgan fingerprint density at radius 2 is 1.68 bits per heavy atom. The van der Waals surface area contributed by atoms with Crippen molar-refractivity contribution in [1.29, 1.82) is 0 Å². The van der Waals surface area contributed by atoms with Gasteiger partial charge in [0.25, 0.3) is 0 Å². The topological polar surface area (TPSA) is 46.2 Å². The summed E-state index contributed by atoms with van der Waals surface area (Å²) >= 11 is 6.06. The first-order chi connectivity index (χ1) is 9.18. The molecule has 3 aromatic rings. The van der Waals surface area contributed by atoms with E-state index >= 15 is 0 Å². The zero-order chi connectivity index (χ0) is 13.4. The highest BCUT2D eigenvalue weighted by Gasteiger charge is 2.13. The second kappa shape index (κ2) is 4.48. The van der Waals surface area contributed by atoms with Crippen LogP contribution >= 0.6 is 11.6 Å². The number of nitrogen functional groups attached to an aromatic ring is 1. The zero-order valence-corrected chi connectivity index (χ0v) is 10.9. The number of nitrogens with two attached hydrogens (primary N) is 1. The van der Waals surface area contributed by atoms with Crippen molar-refractivity contribution in [2.75, 3.05) is 5.73 Å². The van der Waals surface area contributed by atoms with Crippen molar-refractivity contribution in [3.05, 3.63) is 59.6 Å². The fourth-order valence-electron chi connectivity index (χ4n) is 2.30. The lowest BCUT2D eigenvalue weighted by Crippen LogP contribution is -1.92. The van der Waals surface area contributed by atoms with Crippen molar-refractivity contribution in [3.8, 4) is 16.9 Å². The fraction of sp³-hybridized carbons (Fsp3) is 0. The molecule has 2 nitrogen and oxygen atoms in total. The lowest BCUT2D eigenvalue weighted by Gasteiger charge is -2.12. The van der Waals surface area contributed by atoms with Gasteiger partial charge in [0.2, 0.25) is 0 Å². The van der Waals surface area contributed by atoms with Crippen molar-refractivity contribution < 1.29 is 5.11 Å². The average molecular weight is 270 g/mol. The van der Waals surface area contributed by atoms with Crippen LogP contribution < -0.4 is 5.73 Å². The van der Waals surface area contributed by atoms with Gasteiger partial charge < -0.3 is 10.8 Å². The molecule has 0 aliphatic rings. The predicted molar refractivity (Wildman–Crippen MR) is 80.5 cm³/mol. The minimum absolute atomic E-state index is 0.202. The predicted octanol–water partition coefficient (Wildman–Crippen LogP) is 4.45. The highest BCUT2D eigenvalue weighted by Crippen LogP contribution is 2.40. The van der Waals surface area contributed by atoms with Crippen LogP contribution in [-0.2, 0) is 0 Å². The lowest BCUT2D eigenvalue weighted by atomic mass is 9.96. The molecule has 0 bridgehead atoms. The molecular formula is C16H12ClNO. The van der Waals surface area contributed by atoms with Crippen LogP contribution in [0.3, 0.4) is 0 Å². The van der Waals surface area contributed by atoms with Crippen molar-refractivity contribution in [2.45, 2.75) is 0 Å². The molecule has 0 spiro atoms. The molecule has 0 radical (unpaired) electrons. The van der Waals surface area contributed by atoms with E-state index < -0.39 is 0 Å². The van der Waals surface area contributed by atoms with E-state index in [1.54, 1.807) is 12.1 Å². The molecule has 0 amide bonds. The monoisotopic (exact) mass is 269 g/mol. The second-order valence-electron chi connectivity index (χ2n) is 4.38. The summed E-state index contributed by atoms with van der Waals surface area (Å²) in [6.07, 6.45) is 0. The van der Waals surface area contributed by atoms with Crippen molar-refractivity contribution in [3.63, 3.8) is 0 Å². The van der Waals surface area contributed by atoms with Gasteiger partial charge in [-0.25, -0.2) is 0 Å². The Kier molecular flexibility index (Phi) is 2.80. The number of hydrogen-bond acceptors (Lipinski definition) is 2. The van der Waals surface area contributed by atoms with Gasteiger partial charge in [-0.1, -0.05) is 54.1 Å². The molecule has 0 heterocycles. The van der Waals surface area contributed by atoms with Crippen LogP contribution in [0.2, 0.25) is 5.02 Å². The second-order valence-corrected chi connectivity index (χ2v) is 4.79. The van der Waals surface area contributed by atoms with Gasteiger partial charge in [0.1, 0.15) is 5.75 Å². The number of phenols is 1. The van der Waals surface area contributed by atoms with E-state index in [0.29, 0.717) is 10.7 Å². The van der Waals surface area contributed by atoms with Crippen molar-refractivity contribution >= 4 is 28.1 Å². The summed E-state index contributed by atoms with van der Waals surface area (Å²) in [4.78, 5) is 0. The number of fused-ring (bicyclic) bond motifs is 1. The average Bonchev–Trinajstić information content (AvgIpc) is 2.43. The van der Waals surface area contributed by atoms with Crippen LogP contribution in [0, 0.1) is 0 Å². The first-order valence-corrected chi connectivity index (χ1v) is 6.31. The molecule has 0 aromatic heterocycles. The third-order valence-corrected chi connectivity index (χ3v) is 3.56. The first-order valence-electron chi connectivity index (χ1n) is 5.93. The molecule has 3 N–H and O–H groups in total. The summed E-state index contributed by atoms with van der Waals surface area (Å²) in [6.45, 7) is 0. The minimum Gasteiger partial charge on any atom is -0.507 e. The van der Waals surface area contributed by atoms with Crippen LogP contribution in [0.1, 0.15) is 0 Å². The zero-order valence-electron chi connectivity index (χ0n) is 10.1. The number of anilines is 1. The van der Waals surface area contributed by atoms with Crippen LogP contribution in [-0.4, -0.2) is 5.11 Å². The van der Waals surface area contributed by atoms with Gasteiger partial charge in [0, 0.05) is 11.1 Å². The van der Waals surface area contributed by atoms with Crippen LogP contribution in [0.25, 0.3) is 21.9 Å². The summed E-state index contributed by atoms with van der Waals surface area (Å²) in [7, 11) is 0. The van der Waals surface area contributed by atoms with Crippen LogP contribution in [0.4, 0.5) is 5.69 Å². The third-order valence-electron chi connectivity index (χ3n) is 3.23. The van der Waals surface area contributed by atoms with Gasteiger partial charge in [0.05, 0.1) is 10.7 Å². The molecule has 0 aliphatic heterocycles. The molecule has 0 atom stereocenters. The maximum atomic E-state index is 10.2. The van der Waals surface area contributed by atoms with Crippen molar-refractivity contribution in [1.82, 2.24) is 0 Å². The van der Waals surface area contributed by atoms with E-state index in [4.69, 9.17) is 17.3 Å². The molecule has 0 unspecified atom stereocenters. The molecule has 19 heavy (non-hydrogen) atoms. The summed E-state index contributed by atoms with van der Waals surface area (Å²) in [5.41, 5.74) is 7.99. The van der Waals surface area contributed by atoms with Gasteiger partial charge in [-0.3, -0.25) is 0 Å². The van der Waals surface area contributed by atoms with Crippen molar-refractivity contribution in [2.24, 2.45) is 0 Å². The van der Waals surface area contributed by atoms with Gasteiger partial charge in [-0.05, 0) is 22.9 Å². The SMILES string of the molecule is Nc1c(Cl)cccc1-c1c(O)ccc2ccccc12. The molecular weight excluding hydrogens is 258 g/mol. The number of para-hydroxylation sites is 1. The van der Waals surface area contributed by atoms with Gasteiger partial charge in [-0.2, -0.15) is 0 Å². The summed E-state index contributed by atoms with van der Waals surface area (Å²) < 4.78 is 0. The van der Waals surface area contributed by atoms with E-state index in [2.05, 4.69) is 0 Å². The number of phenolic OH excluding ortho intramolecular Hbond substituents is 1. The Morgan fingerprint density at radius 3 is 2.53 bits per heavy atom. The maximum absolute atomic E-state index is 10.2. The number of benzene rings is 3. The standard InChI is InChI=1S/C16H12ClNO/c17-13-7-3-6-12(16(13)18)15-11-5-2-1-4-10(11)8-9-14(15)19/h1-9,19H,18H2. The minimum atomic E-state index is 0.202. The molecule has 0 aliphatic carbocycles. The molecule has 3 heteroatoms. The van der Waals surface area contributed by atoms with E-state index in [-0.39, 0.29) is 5.75 Å².